The fourth-order valence-electron chi connectivity index (χ4n) is 1.99. The van der Waals surface area contributed by atoms with Crippen LogP contribution < -0.4 is 0 Å². The van der Waals surface area contributed by atoms with Crippen molar-refractivity contribution in [2.75, 3.05) is 53.4 Å². The molecule has 0 heterocycles. The highest BCUT2D eigenvalue weighted by Crippen LogP contribution is 2.01. The molecule has 0 aromatic heterocycles. The van der Waals surface area contributed by atoms with Crippen molar-refractivity contribution in [2.24, 2.45) is 0 Å². The number of unbranched alkanes of at least 4 members (excludes halogenated alkanes) is 3. The first-order valence-electron chi connectivity index (χ1n) is 9.03. The zero-order valence-corrected chi connectivity index (χ0v) is 16.0. The SMILES string of the molecule is CC[N+](C)(CC)CC#CCCCCC#CC[N+](C)(CC)CC. The van der Waals surface area contributed by atoms with Gasteiger partial charge in [-0.15, -0.1) is 0 Å². The smallest absolute Gasteiger partial charge is 0.140 e. The Hall–Kier alpha value is -0.960. The Morgan fingerprint density at radius 3 is 1.14 bits per heavy atom. The lowest BCUT2D eigenvalue weighted by Crippen LogP contribution is -2.43. The van der Waals surface area contributed by atoms with E-state index in [4.69, 9.17) is 0 Å². The molecule has 0 saturated heterocycles. The van der Waals surface area contributed by atoms with Gasteiger partial charge in [0.2, 0.25) is 0 Å². The summed E-state index contributed by atoms with van der Waals surface area (Å²) in [5, 5.41) is 0. The second-order valence-electron chi connectivity index (χ2n) is 6.73. The molecule has 0 aromatic rings. The summed E-state index contributed by atoms with van der Waals surface area (Å²) in [6, 6.07) is 0. The third-order valence-corrected chi connectivity index (χ3v) is 5.08. The zero-order chi connectivity index (χ0) is 16.9. The Morgan fingerprint density at radius 2 is 0.864 bits per heavy atom. The summed E-state index contributed by atoms with van der Waals surface area (Å²) in [6.45, 7) is 15.6. The Bertz CT molecular complexity index is 355. The first kappa shape index (κ1) is 21.0. The van der Waals surface area contributed by atoms with E-state index in [1.165, 1.54) is 12.8 Å². The molecule has 0 bridgehead atoms. The van der Waals surface area contributed by atoms with E-state index in [0.29, 0.717) is 0 Å². The Balaban J connectivity index is 3.81. The van der Waals surface area contributed by atoms with Gasteiger partial charge in [0.1, 0.15) is 13.1 Å². The second kappa shape index (κ2) is 11.6. The lowest BCUT2D eigenvalue weighted by atomic mass is 10.2. The van der Waals surface area contributed by atoms with Gasteiger partial charge in [0, 0.05) is 12.8 Å². The summed E-state index contributed by atoms with van der Waals surface area (Å²) >= 11 is 0. The van der Waals surface area contributed by atoms with Gasteiger partial charge in [0.25, 0.3) is 0 Å². The fourth-order valence-corrected chi connectivity index (χ4v) is 1.99. The maximum Gasteiger partial charge on any atom is 0.140 e. The average Bonchev–Trinajstić information content (AvgIpc) is 2.56. The molecule has 0 saturated carbocycles. The van der Waals surface area contributed by atoms with Gasteiger partial charge in [-0.25, -0.2) is 0 Å². The van der Waals surface area contributed by atoms with Gasteiger partial charge in [0.15, 0.2) is 0 Å². The van der Waals surface area contributed by atoms with E-state index in [-0.39, 0.29) is 0 Å². The van der Waals surface area contributed by atoms with Gasteiger partial charge >= 0.3 is 0 Å². The van der Waals surface area contributed by atoms with Crippen LogP contribution in [0.4, 0.5) is 0 Å². The molecule has 0 radical (unpaired) electrons. The van der Waals surface area contributed by atoms with Crippen LogP contribution >= 0.6 is 0 Å². The third-order valence-electron chi connectivity index (χ3n) is 5.08. The van der Waals surface area contributed by atoms with Crippen LogP contribution in [0.2, 0.25) is 0 Å². The van der Waals surface area contributed by atoms with Crippen molar-refractivity contribution in [1.29, 1.82) is 0 Å². The molecule has 2 heteroatoms. The lowest BCUT2D eigenvalue weighted by molar-refractivity contribution is -0.899. The summed E-state index contributed by atoms with van der Waals surface area (Å²) < 4.78 is 2.12. The van der Waals surface area contributed by atoms with Crippen molar-refractivity contribution in [2.45, 2.75) is 53.4 Å². The van der Waals surface area contributed by atoms with Crippen LogP contribution in [0.15, 0.2) is 0 Å². The third kappa shape index (κ3) is 9.14. The molecule has 0 aromatic carbocycles. The van der Waals surface area contributed by atoms with Crippen molar-refractivity contribution in [1.82, 2.24) is 0 Å². The molecule has 0 fully saturated rings. The number of hydrogen-bond donors (Lipinski definition) is 0. The Kier molecular flexibility index (Phi) is 11.1. The molecule has 0 atom stereocenters. The zero-order valence-electron chi connectivity index (χ0n) is 16.0. The summed E-state index contributed by atoms with van der Waals surface area (Å²) in [6.07, 6.45) is 4.40. The van der Waals surface area contributed by atoms with Crippen LogP contribution in [0.1, 0.15) is 53.4 Å². The van der Waals surface area contributed by atoms with E-state index < -0.39 is 0 Å². The molecule has 0 N–H and O–H groups in total. The minimum absolute atomic E-state index is 0.983. The summed E-state index contributed by atoms with van der Waals surface area (Å²) in [5.41, 5.74) is 0. The van der Waals surface area contributed by atoms with Crippen molar-refractivity contribution >= 4 is 0 Å². The van der Waals surface area contributed by atoms with Crippen LogP contribution in [-0.4, -0.2) is 62.3 Å². The molecule has 0 rings (SSSR count). The topological polar surface area (TPSA) is 0 Å². The van der Waals surface area contributed by atoms with E-state index in [2.05, 4.69) is 65.5 Å². The van der Waals surface area contributed by atoms with E-state index in [0.717, 1.165) is 61.1 Å². The van der Waals surface area contributed by atoms with Crippen LogP contribution in [0, 0.1) is 23.7 Å². The normalized spacial score (nSPS) is 11.4. The molecule has 0 aliphatic rings. The van der Waals surface area contributed by atoms with Crippen molar-refractivity contribution in [3.8, 4) is 23.7 Å². The molecule has 126 valence electrons. The monoisotopic (exact) mass is 306 g/mol. The first-order valence-corrected chi connectivity index (χ1v) is 9.03. The van der Waals surface area contributed by atoms with Crippen LogP contribution in [0.25, 0.3) is 0 Å². The number of rotatable bonds is 9. The van der Waals surface area contributed by atoms with Gasteiger partial charge in [-0.3, -0.25) is 0 Å². The molecule has 22 heavy (non-hydrogen) atoms. The van der Waals surface area contributed by atoms with Crippen LogP contribution in [0.5, 0.6) is 0 Å². The minimum Gasteiger partial charge on any atom is -0.316 e. The maximum atomic E-state index is 3.35. The van der Waals surface area contributed by atoms with Gasteiger partial charge < -0.3 is 8.97 Å². The number of quaternary nitrogens is 2. The summed E-state index contributed by atoms with van der Waals surface area (Å²) in [4.78, 5) is 0. The highest BCUT2D eigenvalue weighted by molar-refractivity contribution is 5.01. The lowest BCUT2D eigenvalue weighted by Gasteiger charge is -2.29. The van der Waals surface area contributed by atoms with Crippen molar-refractivity contribution in [3.63, 3.8) is 0 Å². The van der Waals surface area contributed by atoms with Crippen LogP contribution in [0.3, 0.4) is 0 Å². The quantitative estimate of drug-likeness (QED) is 0.347. The van der Waals surface area contributed by atoms with Gasteiger partial charge in [-0.2, -0.15) is 0 Å². The highest BCUT2D eigenvalue weighted by Gasteiger charge is 2.13. The van der Waals surface area contributed by atoms with Crippen molar-refractivity contribution in [3.05, 3.63) is 0 Å². The van der Waals surface area contributed by atoms with E-state index >= 15 is 0 Å². The predicted molar refractivity (Wildman–Crippen MR) is 98.3 cm³/mol. The van der Waals surface area contributed by atoms with E-state index in [9.17, 15) is 0 Å². The standard InChI is InChI=1S/C20H38N2/c1-7-21(5,8-2)19-17-15-13-11-12-14-16-18-20-22(6,9-3)10-4/h7-14,19-20H2,1-6H3/q+2. The molecule has 0 aliphatic carbocycles. The summed E-state index contributed by atoms with van der Waals surface area (Å²) in [7, 11) is 4.56. The van der Waals surface area contributed by atoms with E-state index in [1.807, 2.05) is 0 Å². The maximum absolute atomic E-state index is 3.35. The Morgan fingerprint density at radius 1 is 0.545 bits per heavy atom. The molecule has 0 aliphatic heterocycles. The number of hydrogen-bond acceptors (Lipinski definition) is 0. The fraction of sp³-hybridized carbons (Fsp3) is 0.800. The predicted octanol–water partition coefficient (Wildman–Crippen LogP) is 3.53. The first-order chi connectivity index (χ1) is 10.4. The van der Waals surface area contributed by atoms with Crippen molar-refractivity contribution < 1.29 is 8.97 Å². The van der Waals surface area contributed by atoms with Crippen LogP contribution in [-0.2, 0) is 0 Å². The highest BCUT2D eigenvalue weighted by atomic mass is 15.3. The molecule has 0 amide bonds. The molecular formula is C20H38N2+2. The number of nitrogens with zero attached hydrogens (tertiary/aromatic N) is 2. The second-order valence-corrected chi connectivity index (χ2v) is 6.73. The molecular weight excluding hydrogens is 268 g/mol. The van der Waals surface area contributed by atoms with Gasteiger partial charge in [0.05, 0.1) is 40.3 Å². The van der Waals surface area contributed by atoms with Gasteiger partial charge in [-0.05, 0) is 52.4 Å². The van der Waals surface area contributed by atoms with Gasteiger partial charge in [-0.1, -0.05) is 11.8 Å². The summed E-state index contributed by atoms with van der Waals surface area (Å²) in [5.74, 6) is 13.3. The van der Waals surface area contributed by atoms with E-state index in [1.54, 1.807) is 0 Å². The average molecular weight is 307 g/mol. The largest absolute Gasteiger partial charge is 0.316 e. The Labute approximate surface area is 140 Å². The molecule has 2 nitrogen and oxygen atoms in total. The molecule has 0 unspecified atom stereocenters. The minimum atomic E-state index is 0.983. The molecule has 0 spiro atoms.